The zero-order valence-electron chi connectivity index (χ0n) is 13.9. The van der Waals surface area contributed by atoms with Crippen LogP contribution in [0.1, 0.15) is 5.82 Å². The molecule has 0 aliphatic heterocycles. The third-order valence-electron chi connectivity index (χ3n) is 3.93. The second-order valence-corrected chi connectivity index (χ2v) is 5.75. The number of amides is 1. The summed E-state index contributed by atoms with van der Waals surface area (Å²) in [7, 11) is 0. The van der Waals surface area contributed by atoms with Crippen molar-refractivity contribution in [1.82, 2.24) is 25.0 Å². The maximum absolute atomic E-state index is 13.8. The van der Waals surface area contributed by atoms with Crippen LogP contribution in [0.25, 0.3) is 22.5 Å². The summed E-state index contributed by atoms with van der Waals surface area (Å²) < 4.78 is 34.1. The van der Waals surface area contributed by atoms with E-state index in [-0.39, 0.29) is 30.7 Å². The minimum atomic E-state index is -0.804. The van der Waals surface area contributed by atoms with Gasteiger partial charge in [0.15, 0.2) is 5.82 Å². The summed E-state index contributed by atoms with van der Waals surface area (Å²) in [5.74, 6) is -2.07. The van der Waals surface area contributed by atoms with Crippen LogP contribution in [-0.4, -0.2) is 25.6 Å². The molecule has 0 aliphatic carbocycles. The first-order valence-electron chi connectivity index (χ1n) is 8.05. The minimum Gasteiger partial charge on any atom is -0.347 e. The number of hydrogen-bond acceptors (Lipinski definition) is 5. The van der Waals surface area contributed by atoms with E-state index >= 15 is 0 Å². The van der Waals surface area contributed by atoms with Crippen molar-refractivity contribution < 1.29 is 18.1 Å². The molecule has 0 bridgehead atoms. The molecule has 0 fully saturated rings. The summed E-state index contributed by atoms with van der Waals surface area (Å²) >= 11 is 0. The molecule has 0 atom stereocenters. The van der Waals surface area contributed by atoms with Crippen molar-refractivity contribution in [2.75, 3.05) is 0 Å². The fraction of sp³-hybridized carbons (Fsp3) is 0.111. The topological polar surface area (TPSA) is 85.8 Å². The number of carbonyl (C=O) groups excluding carboxylic acids is 1. The highest BCUT2D eigenvalue weighted by atomic mass is 19.1. The van der Waals surface area contributed by atoms with Gasteiger partial charge in [0.25, 0.3) is 5.89 Å². The molecule has 4 rings (SSSR count). The number of fused-ring (bicyclic) bond motifs is 1. The first-order chi connectivity index (χ1) is 13.1. The normalized spacial score (nSPS) is 11.0. The first-order valence-corrected chi connectivity index (χ1v) is 8.05. The molecule has 136 valence electrons. The van der Waals surface area contributed by atoms with Gasteiger partial charge < -0.3 is 14.4 Å². The van der Waals surface area contributed by atoms with Crippen LogP contribution in [0, 0.1) is 11.6 Å². The summed E-state index contributed by atoms with van der Waals surface area (Å²) in [5, 5.41) is 6.28. The third kappa shape index (κ3) is 3.39. The van der Waals surface area contributed by atoms with E-state index in [4.69, 9.17) is 4.52 Å². The average molecular weight is 369 g/mol. The van der Waals surface area contributed by atoms with Crippen LogP contribution >= 0.6 is 0 Å². The Morgan fingerprint density at radius 3 is 2.70 bits per heavy atom. The fourth-order valence-electron chi connectivity index (χ4n) is 2.65. The van der Waals surface area contributed by atoms with Crippen molar-refractivity contribution in [3.63, 3.8) is 0 Å². The van der Waals surface area contributed by atoms with Crippen LogP contribution in [0.2, 0.25) is 0 Å². The highest BCUT2D eigenvalue weighted by Gasteiger charge is 2.18. The van der Waals surface area contributed by atoms with Crippen LogP contribution < -0.4 is 5.32 Å². The van der Waals surface area contributed by atoms with Crippen LogP contribution in [0.5, 0.6) is 0 Å². The lowest BCUT2D eigenvalue weighted by molar-refractivity contribution is -0.121. The average Bonchev–Trinajstić information content (AvgIpc) is 3.28. The second-order valence-electron chi connectivity index (χ2n) is 5.75. The SMILES string of the molecule is O=C(Cn1cnc2ccccc21)NCc1noc(-c2c(F)cccc2F)n1. The maximum Gasteiger partial charge on any atom is 0.263 e. The van der Waals surface area contributed by atoms with Crippen molar-refractivity contribution in [1.29, 1.82) is 0 Å². The van der Waals surface area contributed by atoms with Gasteiger partial charge in [0.05, 0.1) is 23.9 Å². The molecule has 9 heteroatoms. The maximum atomic E-state index is 13.8. The van der Waals surface area contributed by atoms with Crippen LogP contribution in [-0.2, 0) is 17.9 Å². The van der Waals surface area contributed by atoms with Gasteiger partial charge >= 0.3 is 0 Å². The predicted octanol–water partition coefficient (Wildman–Crippen LogP) is 2.68. The number of benzene rings is 2. The van der Waals surface area contributed by atoms with E-state index in [9.17, 15) is 13.6 Å². The summed E-state index contributed by atoms with van der Waals surface area (Å²) in [5.41, 5.74) is 1.23. The molecule has 1 N–H and O–H groups in total. The lowest BCUT2D eigenvalue weighted by atomic mass is 10.2. The van der Waals surface area contributed by atoms with Crippen molar-refractivity contribution in [3.05, 3.63) is 66.3 Å². The lowest BCUT2D eigenvalue weighted by Crippen LogP contribution is -2.27. The predicted molar refractivity (Wildman–Crippen MR) is 91.2 cm³/mol. The quantitative estimate of drug-likeness (QED) is 0.585. The Balaban J connectivity index is 1.42. The molecule has 0 unspecified atom stereocenters. The third-order valence-corrected chi connectivity index (χ3v) is 3.93. The van der Waals surface area contributed by atoms with Crippen LogP contribution in [0.4, 0.5) is 8.78 Å². The van der Waals surface area contributed by atoms with E-state index in [1.54, 1.807) is 10.9 Å². The van der Waals surface area contributed by atoms with Crippen molar-refractivity contribution in [2.45, 2.75) is 13.1 Å². The van der Waals surface area contributed by atoms with E-state index in [0.717, 1.165) is 23.2 Å². The summed E-state index contributed by atoms with van der Waals surface area (Å²) in [6.45, 7) is 0.0260. The van der Waals surface area contributed by atoms with E-state index < -0.39 is 17.2 Å². The number of nitrogens with one attached hydrogen (secondary N) is 1. The van der Waals surface area contributed by atoms with Gasteiger partial charge in [0.1, 0.15) is 23.7 Å². The van der Waals surface area contributed by atoms with E-state index in [2.05, 4.69) is 20.4 Å². The molecule has 2 heterocycles. The first kappa shape index (κ1) is 16.8. The molecule has 0 spiro atoms. The molecule has 0 saturated carbocycles. The number of hydrogen-bond donors (Lipinski definition) is 1. The molecule has 27 heavy (non-hydrogen) atoms. The summed E-state index contributed by atoms with van der Waals surface area (Å²) in [6.07, 6.45) is 1.58. The Kier molecular flexibility index (Phi) is 4.33. The van der Waals surface area contributed by atoms with Gasteiger partial charge in [-0.1, -0.05) is 23.4 Å². The second kappa shape index (κ2) is 6.94. The van der Waals surface area contributed by atoms with E-state index in [1.807, 2.05) is 24.3 Å². The lowest BCUT2D eigenvalue weighted by Gasteiger charge is -2.04. The van der Waals surface area contributed by atoms with Gasteiger partial charge in [-0.3, -0.25) is 4.79 Å². The highest BCUT2D eigenvalue weighted by molar-refractivity contribution is 5.80. The van der Waals surface area contributed by atoms with Gasteiger partial charge in [-0.25, -0.2) is 13.8 Å². The van der Waals surface area contributed by atoms with Gasteiger partial charge in [-0.2, -0.15) is 4.98 Å². The molecule has 7 nitrogen and oxygen atoms in total. The standard InChI is InChI=1S/C18H13F2N5O2/c19-11-4-3-5-12(20)17(11)18-23-15(24-27-18)8-21-16(26)9-25-10-22-13-6-1-2-7-14(13)25/h1-7,10H,8-9H2,(H,21,26). The van der Waals surface area contributed by atoms with Crippen molar-refractivity contribution >= 4 is 16.9 Å². The number of imidazole rings is 1. The van der Waals surface area contributed by atoms with Gasteiger partial charge in [0, 0.05) is 0 Å². The monoisotopic (exact) mass is 369 g/mol. The molecular formula is C18H13F2N5O2. The number of nitrogens with zero attached hydrogens (tertiary/aromatic N) is 4. The minimum absolute atomic E-state index is 0.0367. The molecule has 2 aromatic heterocycles. The van der Waals surface area contributed by atoms with Gasteiger partial charge in [-0.05, 0) is 24.3 Å². The Hall–Kier alpha value is -3.62. The number of para-hydroxylation sites is 2. The number of halogens is 2. The summed E-state index contributed by atoms with van der Waals surface area (Å²) in [4.78, 5) is 20.3. The Morgan fingerprint density at radius 1 is 1.11 bits per heavy atom. The van der Waals surface area contributed by atoms with Crippen molar-refractivity contribution in [3.8, 4) is 11.5 Å². The molecule has 0 aliphatic rings. The number of aromatic nitrogens is 4. The largest absolute Gasteiger partial charge is 0.347 e. The zero-order valence-corrected chi connectivity index (χ0v) is 13.9. The molecular weight excluding hydrogens is 356 g/mol. The summed E-state index contributed by atoms with van der Waals surface area (Å²) in [6, 6.07) is 10.9. The van der Waals surface area contributed by atoms with Gasteiger partial charge in [-0.15, -0.1) is 0 Å². The van der Waals surface area contributed by atoms with E-state index in [0.29, 0.717) is 0 Å². The molecule has 1 amide bonds. The zero-order chi connectivity index (χ0) is 18.8. The Bertz CT molecular complexity index is 1100. The van der Waals surface area contributed by atoms with Crippen molar-refractivity contribution in [2.24, 2.45) is 0 Å². The van der Waals surface area contributed by atoms with Crippen LogP contribution in [0.3, 0.4) is 0 Å². The molecule has 4 aromatic rings. The Morgan fingerprint density at radius 2 is 1.89 bits per heavy atom. The number of carbonyl (C=O) groups is 1. The molecule has 0 saturated heterocycles. The smallest absolute Gasteiger partial charge is 0.263 e. The van der Waals surface area contributed by atoms with Crippen LogP contribution in [0.15, 0.2) is 53.3 Å². The van der Waals surface area contributed by atoms with E-state index in [1.165, 1.54) is 6.07 Å². The Labute approximate surface area is 151 Å². The highest BCUT2D eigenvalue weighted by Crippen LogP contribution is 2.24. The molecule has 0 radical (unpaired) electrons. The number of rotatable bonds is 5. The molecule has 2 aromatic carbocycles. The fourth-order valence-corrected chi connectivity index (χ4v) is 2.65. The van der Waals surface area contributed by atoms with Gasteiger partial charge in [0.2, 0.25) is 5.91 Å².